The maximum Gasteiger partial charge on any atom is 0.260 e. The Labute approximate surface area is 121 Å². The van der Waals surface area contributed by atoms with Crippen molar-refractivity contribution in [1.29, 1.82) is 0 Å². The fraction of sp³-hybridized carbons (Fsp3) is 0.562. The summed E-state index contributed by atoms with van der Waals surface area (Å²) in [6.07, 6.45) is 1.59. The minimum Gasteiger partial charge on any atom is -0.481 e. The summed E-state index contributed by atoms with van der Waals surface area (Å²) >= 11 is 0. The number of hydrogen-bond donors (Lipinski definition) is 2. The Bertz CT molecular complexity index is 390. The molecular formula is C16H26N2O2. The second-order valence-electron chi connectivity index (χ2n) is 4.87. The van der Waals surface area contributed by atoms with E-state index in [1.54, 1.807) is 6.92 Å². The largest absolute Gasteiger partial charge is 0.481 e. The van der Waals surface area contributed by atoms with Gasteiger partial charge < -0.3 is 15.4 Å². The molecule has 2 N–H and O–H groups in total. The van der Waals surface area contributed by atoms with Crippen LogP contribution < -0.4 is 15.4 Å². The molecule has 1 aromatic carbocycles. The minimum absolute atomic E-state index is 0.0689. The van der Waals surface area contributed by atoms with Gasteiger partial charge in [0, 0.05) is 13.1 Å². The van der Waals surface area contributed by atoms with Gasteiger partial charge in [-0.2, -0.15) is 0 Å². The van der Waals surface area contributed by atoms with Crippen LogP contribution in [0.4, 0.5) is 0 Å². The molecule has 0 heterocycles. The minimum atomic E-state index is -0.467. The Balaban J connectivity index is 2.42. The van der Waals surface area contributed by atoms with Crippen LogP contribution >= 0.6 is 0 Å². The molecule has 0 bridgehead atoms. The summed E-state index contributed by atoms with van der Waals surface area (Å²) in [6, 6.07) is 7.86. The van der Waals surface area contributed by atoms with Gasteiger partial charge in [0.05, 0.1) is 0 Å². The number of carbonyl (C=O) groups excluding carboxylic acids is 1. The first-order chi connectivity index (χ1) is 9.67. The summed E-state index contributed by atoms with van der Waals surface area (Å²) in [5.41, 5.74) is 1.22. The van der Waals surface area contributed by atoms with E-state index in [0.717, 1.165) is 31.7 Å². The van der Waals surface area contributed by atoms with Crippen molar-refractivity contribution >= 4 is 5.91 Å². The number of benzene rings is 1. The van der Waals surface area contributed by atoms with E-state index in [2.05, 4.69) is 17.6 Å². The van der Waals surface area contributed by atoms with Crippen LogP contribution in [0.3, 0.4) is 0 Å². The lowest BCUT2D eigenvalue weighted by Crippen LogP contribution is -2.36. The zero-order chi connectivity index (χ0) is 14.8. The van der Waals surface area contributed by atoms with Crippen LogP contribution in [-0.2, 0) is 11.3 Å². The Kier molecular flexibility index (Phi) is 7.73. The summed E-state index contributed by atoms with van der Waals surface area (Å²) in [5, 5.41) is 6.17. The molecule has 1 aromatic rings. The lowest BCUT2D eigenvalue weighted by molar-refractivity contribution is -0.127. The second kappa shape index (κ2) is 9.37. The van der Waals surface area contributed by atoms with Crippen LogP contribution in [0.1, 0.15) is 39.2 Å². The second-order valence-corrected chi connectivity index (χ2v) is 4.87. The molecule has 112 valence electrons. The first kappa shape index (κ1) is 16.5. The lowest BCUT2D eigenvalue weighted by atomic mass is 10.2. The summed E-state index contributed by atoms with van der Waals surface area (Å²) in [5.74, 6) is 0.656. The zero-order valence-electron chi connectivity index (χ0n) is 12.7. The van der Waals surface area contributed by atoms with Crippen LogP contribution in [0.2, 0.25) is 0 Å². The van der Waals surface area contributed by atoms with Gasteiger partial charge >= 0.3 is 0 Å². The fourth-order valence-electron chi connectivity index (χ4n) is 1.74. The van der Waals surface area contributed by atoms with Gasteiger partial charge in [0.25, 0.3) is 5.91 Å². The molecule has 0 spiro atoms. The summed E-state index contributed by atoms with van der Waals surface area (Å²) in [6.45, 7) is 8.51. The highest BCUT2D eigenvalue weighted by Crippen LogP contribution is 2.14. The van der Waals surface area contributed by atoms with Crippen LogP contribution in [0.15, 0.2) is 24.3 Å². The molecule has 4 nitrogen and oxygen atoms in total. The van der Waals surface area contributed by atoms with Gasteiger partial charge in [0.1, 0.15) is 5.75 Å². The Morgan fingerprint density at radius 2 is 1.80 bits per heavy atom. The third-order valence-corrected chi connectivity index (χ3v) is 2.91. The molecule has 0 radical (unpaired) electrons. The molecule has 0 saturated carbocycles. The normalized spacial score (nSPS) is 11.9. The van der Waals surface area contributed by atoms with E-state index in [0.29, 0.717) is 6.54 Å². The lowest BCUT2D eigenvalue weighted by Gasteiger charge is -2.14. The summed E-state index contributed by atoms with van der Waals surface area (Å²) < 4.78 is 5.62. The van der Waals surface area contributed by atoms with E-state index in [1.807, 2.05) is 31.2 Å². The predicted octanol–water partition coefficient (Wildman–Crippen LogP) is 2.48. The average molecular weight is 278 g/mol. The highest BCUT2D eigenvalue weighted by Gasteiger charge is 2.13. The zero-order valence-corrected chi connectivity index (χ0v) is 12.7. The predicted molar refractivity (Wildman–Crippen MR) is 81.8 cm³/mol. The standard InChI is InChI=1S/C16H26N2O2/c1-4-10-17-12-14-6-8-15(9-7-14)20-13(3)16(19)18-11-5-2/h6-9,13,17H,4-5,10-12H2,1-3H3,(H,18,19). The molecule has 4 heteroatoms. The topological polar surface area (TPSA) is 50.4 Å². The molecule has 0 saturated heterocycles. The van der Waals surface area contributed by atoms with Gasteiger partial charge in [-0.05, 0) is 44.0 Å². The molecule has 0 aliphatic heterocycles. The van der Waals surface area contributed by atoms with Gasteiger partial charge in [0.2, 0.25) is 0 Å². The highest BCUT2D eigenvalue weighted by molar-refractivity contribution is 5.80. The van der Waals surface area contributed by atoms with Crippen LogP contribution in [0, 0.1) is 0 Å². The third kappa shape index (κ3) is 6.06. The molecule has 0 aliphatic rings. The van der Waals surface area contributed by atoms with Crippen molar-refractivity contribution in [2.45, 2.75) is 46.3 Å². The number of ether oxygens (including phenoxy) is 1. The Morgan fingerprint density at radius 3 is 2.40 bits per heavy atom. The molecule has 1 amide bonds. The Hall–Kier alpha value is -1.55. The van der Waals surface area contributed by atoms with Crippen LogP contribution in [0.5, 0.6) is 5.75 Å². The first-order valence-corrected chi connectivity index (χ1v) is 7.41. The number of hydrogen-bond acceptors (Lipinski definition) is 3. The van der Waals surface area contributed by atoms with E-state index >= 15 is 0 Å². The van der Waals surface area contributed by atoms with Crippen molar-refractivity contribution in [2.75, 3.05) is 13.1 Å². The third-order valence-electron chi connectivity index (χ3n) is 2.91. The number of amides is 1. The van der Waals surface area contributed by atoms with E-state index in [1.165, 1.54) is 5.56 Å². The van der Waals surface area contributed by atoms with Crippen molar-refractivity contribution in [3.8, 4) is 5.75 Å². The molecule has 1 atom stereocenters. The van der Waals surface area contributed by atoms with Crippen molar-refractivity contribution in [1.82, 2.24) is 10.6 Å². The molecule has 1 rings (SSSR count). The molecule has 0 aromatic heterocycles. The van der Waals surface area contributed by atoms with Crippen LogP contribution in [0.25, 0.3) is 0 Å². The molecule has 0 aliphatic carbocycles. The monoisotopic (exact) mass is 278 g/mol. The first-order valence-electron chi connectivity index (χ1n) is 7.41. The van der Waals surface area contributed by atoms with Crippen molar-refractivity contribution < 1.29 is 9.53 Å². The average Bonchev–Trinajstić information content (AvgIpc) is 2.46. The van der Waals surface area contributed by atoms with Crippen LogP contribution in [-0.4, -0.2) is 25.1 Å². The van der Waals surface area contributed by atoms with E-state index < -0.39 is 6.10 Å². The van der Waals surface area contributed by atoms with E-state index in [9.17, 15) is 4.79 Å². The van der Waals surface area contributed by atoms with Gasteiger partial charge in [-0.15, -0.1) is 0 Å². The van der Waals surface area contributed by atoms with Gasteiger partial charge in [0.15, 0.2) is 6.10 Å². The highest BCUT2D eigenvalue weighted by atomic mass is 16.5. The van der Waals surface area contributed by atoms with E-state index in [-0.39, 0.29) is 5.91 Å². The number of carbonyl (C=O) groups is 1. The summed E-state index contributed by atoms with van der Waals surface area (Å²) in [4.78, 5) is 11.7. The quantitative estimate of drug-likeness (QED) is 0.682. The van der Waals surface area contributed by atoms with Crippen molar-refractivity contribution in [3.63, 3.8) is 0 Å². The van der Waals surface area contributed by atoms with E-state index in [4.69, 9.17) is 4.74 Å². The number of nitrogens with one attached hydrogen (secondary N) is 2. The smallest absolute Gasteiger partial charge is 0.260 e. The van der Waals surface area contributed by atoms with Gasteiger partial charge in [-0.1, -0.05) is 26.0 Å². The number of rotatable bonds is 9. The van der Waals surface area contributed by atoms with Crippen molar-refractivity contribution in [3.05, 3.63) is 29.8 Å². The maximum absolute atomic E-state index is 11.7. The molecular weight excluding hydrogens is 252 g/mol. The van der Waals surface area contributed by atoms with Gasteiger partial charge in [-0.25, -0.2) is 0 Å². The molecule has 20 heavy (non-hydrogen) atoms. The fourth-order valence-corrected chi connectivity index (χ4v) is 1.74. The summed E-state index contributed by atoms with van der Waals surface area (Å²) in [7, 11) is 0. The molecule has 1 unspecified atom stereocenters. The Morgan fingerprint density at radius 1 is 1.15 bits per heavy atom. The SMILES string of the molecule is CCCNCc1ccc(OC(C)C(=O)NCCC)cc1. The maximum atomic E-state index is 11.7. The van der Waals surface area contributed by atoms with Gasteiger partial charge in [-0.3, -0.25) is 4.79 Å². The van der Waals surface area contributed by atoms with Crippen molar-refractivity contribution in [2.24, 2.45) is 0 Å². The molecule has 0 fully saturated rings.